The predicted molar refractivity (Wildman–Crippen MR) is 66.6 cm³/mol. The van der Waals surface area contributed by atoms with Gasteiger partial charge in [0.25, 0.3) is 0 Å². The monoisotopic (exact) mass is 278 g/mol. The zero-order valence-corrected chi connectivity index (χ0v) is 10.6. The topological polar surface area (TPSA) is 43.1 Å². The molecule has 0 bridgehead atoms. The van der Waals surface area contributed by atoms with E-state index in [4.69, 9.17) is 0 Å². The Kier molecular flexibility index (Phi) is 3.14. The molecule has 0 amide bonds. The molecule has 0 saturated heterocycles. The number of rotatable bonds is 2. The van der Waals surface area contributed by atoms with Gasteiger partial charge < -0.3 is 0 Å². The van der Waals surface area contributed by atoms with Crippen LogP contribution in [0.25, 0.3) is 0 Å². The number of benzene rings is 1. The Balaban J connectivity index is 2.24. The number of halogens is 1. The first kappa shape index (κ1) is 11.0. The van der Waals surface area contributed by atoms with E-state index >= 15 is 0 Å². The van der Waals surface area contributed by atoms with E-state index in [1.807, 2.05) is 38.1 Å². The van der Waals surface area contributed by atoms with Crippen LogP contribution in [-0.2, 0) is 0 Å². The second-order valence-electron chi connectivity index (χ2n) is 3.40. The SMILES string of the molecule is Cc1nnc(C)n1/N=C\c1ccc(Br)cc1. The van der Waals surface area contributed by atoms with E-state index in [2.05, 4.69) is 31.2 Å². The summed E-state index contributed by atoms with van der Waals surface area (Å²) in [4.78, 5) is 0. The second-order valence-corrected chi connectivity index (χ2v) is 4.32. The first-order chi connectivity index (χ1) is 7.66. The zero-order chi connectivity index (χ0) is 11.5. The molecule has 1 heterocycles. The molecule has 4 nitrogen and oxygen atoms in total. The van der Waals surface area contributed by atoms with Crippen LogP contribution in [0.15, 0.2) is 33.8 Å². The van der Waals surface area contributed by atoms with Crippen LogP contribution < -0.4 is 0 Å². The molecule has 0 N–H and O–H groups in total. The summed E-state index contributed by atoms with van der Waals surface area (Å²) in [5.41, 5.74) is 1.04. The van der Waals surface area contributed by atoms with Gasteiger partial charge in [-0.3, -0.25) is 0 Å². The van der Waals surface area contributed by atoms with Gasteiger partial charge in [-0.15, -0.1) is 10.2 Å². The number of hydrogen-bond acceptors (Lipinski definition) is 3. The molecule has 0 fully saturated rings. The van der Waals surface area contributed by atoms with Gasteiger partial charge in [0, 0.05) is 4.47 Å². The summed E-state index contributed by atoms with van der Waals surface area (Å²) in [5, 5.41) is 12.2. The maximum absolute atomic E-state index is 4.32. The fourth-order valence-corrected chi connectivity index (χ4v) is 1.57. The van der Waals surface area contributed by atoms with Crippen LogP contribution in [-0.4, -0.2) is 21.1 Å². The lowest BCUT2D eigenvalue weighted by Gasteiger charge is -1.97. The molecular formula is C11H11BrN4. The summed E-state index contributed by atoms with van der Waals surface area (Å²) >= 11 is 3.39. The first-order valence-electron chi connectivity index (χ1n) is 4.85. The van der Waals surface area contributed by atoms with Crippen molar-refractivity contribution in [2.24, 2.45) is 5.10 Å². The third-order valence-electron chi connectivity index (χ3n) is 2.14. The van der Waals surface area contributed by atoms with E-state index in [0.717, 1.165) is 21.7 Å². The fraction of sp³-hybridized carbons (Fsp3) is 0.182. The minimum Gasteiger partial charge on any atom is -0.202 e. The quantitative estimate of drug-likeness (QED) is 0.793. The maximum atomic E-state index is 4.32. The van der Waals surface area contributed by atoms with E-state index in [9.17, 15) is 0 Å². The van der Waals surface area contributed by atoms with Gasteiger partial charge in [0.1, 0.15) is 0 Å². The Labute approximate surface area is 102 Å². The summed E-state index contributed by atoms with van der Waals surface area (Å²) < 4.78 is 2.77. The highest BCUT2D eigenvalue weighted by molar-refractivity contribution is 9.10. The molecular weight excluding hydrogens is 268 g/mol. The second kappa shape index (κ2) is 4.57. The maximum Gasteiger partial charge on any atom is 0.151 e. The number of aryl methyl sites for hydroxylation is 2. The average Bonchev–Trinajstić information content (AvgIpc) is 2.59. The van der Waals surface area contributed by atoms with E-state index in [0.29, 0.717) is 0 Å². The van der Waals surface area contributed by atoms with Crippen molar-refractivity contribution in [2.75, 3.05) is 0 Å². The van der Waals surface area contributed by atoms with Crippen molar-refractivity contribution in [1.82, 2.24) is 14.9 Å². The molecule has 1 aromatic heterocycles. The van der Waals surface area contributed by atoms with Crippen molar-refractivity contribution in [1.29, 1.82) is 0 Å². The van der Waals surface area contributed by atoms with Gasteiger partial charge in [-0.1, -0.05) is 28.1 Å². The number of nitrogens with zero attached hydrogens (tertiary/aromatic N) is 4. The van der Waals surface area contributed by atoms with Crippen LogP contribution in [0.3, 0.4) is 0 Å². The van der Waals surface area contributed by atoms with Crippen molar-refractivity contribution in [3.05, 3.63) is 46.0 Å². The van der Waals surface area contributed by atoms with Gasteiger partial charge in [0.2, 0.25) is 0 Å². The zero-order valence-electron chi connectivity index (χ0n) is 9.05. The number of hydrogen-bond donors (Lipinski definition) is 0. The lowest BCUT2D eigenvalue weighted by atomic mass is 10.2. The van der Waals surface area contributed by atoms with Crippen LogP contribution in [0.1, 0.15) is 17.2 Å². The molecule has 0 saturated carbocycles. The highest BCUT2D eigenvalue weighted by Crippen LogP contribution is 2.09. The lowest BCUT2D eigenvalue weighted by Crippen LogP contribution is -1.96. The molecule has 0 atom stereocenters. The molecule has 0 aliphatic heterocycles. The third kappa shape index (κ3) is 2.36. The van der Waals surface area contributed by atoms with E-state index in [1.165, 1.54) is 0 Å². The van der Waals surface area contributed by atoms with Gasteiger partial charge in [-0.05, 0) is 31.5 Å². The van der Waals surface area contributed by atoms with Gasteiger partial charge >= 0.3 is 0 Å². The van der Waals surface area contributed by atoms with Crippen molar-refractivity contribution in [2.45, 2.75) is 13.8 Å². The van der Waals surface area contributed by atoms with Crippen molar-refractivity contribution in [3.63, 3.8) is 0 Å². The molecule has 0 radical (unpaired) electrons. The van der Waals surface area contributed by atoms with Gasteiger partial charge in [-0.25, -0.2) is 4.68 Å². The van der Waals surface area contributed by atoms with Crippen LogP contribution in [0.4, 0.5) is 0 Å². The molecule has 16 heavy (non-hydrogen) atoms. The predicted octanol–water partition coefficient (Wildman–Crippen LogP) is 2.54. The van der Waals surface area contributed by atoms with E-state index in [-0.39, 0.29) is 0 Å². The molecule has 0 unspecified atom stereocenters. The Morgan fingerprint density at radius 2 is 1.69 bits per heavy atom. The van der Waals surface area contributed by atoms with Gasteiger partial charge in [0.15, 0.2) is 11.6 Å². The Morgan fingerprint density at radius 1 is 1.12 bits per heavy atom. The van der Waals surface area contributed by atoms with Crippen LogP contribution in [0.5, 0.6) is 0 Å². The minimum atomic E-state index is 0.783. The third-order valence-corrected chi connectivity index (χ3v) is 2.67. The Bertz CT molecular complexity index is 494. The summed E-state index contributed by atoms with van der Waals surface area (Å²) in [6.07, 6.45) is 1.79. The van der Waals surface area contributed by atoms with E-state index in [1.54, 1.807) is 10.9 Å². The molecule has 82 valence electrons. The van der Waals surface area contributed by atoms with Gasteiger partial charge in [-0.2, -0.15) is 5.10 Å². The average molecular weight is 279 g/mol. The first-order valence-corrected chi connectivity index (χ1v) is 5.64. The van der Waals surface area contributed by atoms with Crippen LogP contribution in [0, 0.1) is 13.8 Å². The lowest BCUT2D eigenvalue weighted by molar-refractivity contribution is 0.799. The minimum absolute atomic E-state index is 0.783. The van der Waals surface area contributed by atoms with E-state index < -0.39 is 0 Å². The smallest absolute Gasteiger partial charge is 0.151 e. The van der Waals surface area contributed by atoms with Crippen molar-refractivity contribution < 1.29 is 0 Å². The summed E-state index contributed by atoms with van der Waals surface area (Å²) in [6, 6.07) is 7.94. The Morgan fingerprint density at radius 3 is 2.25 bits per heavy atom. The molecule has 2 aromatic rings. The van der Waals surface area contributed by atoms with Crippen molar-refractivity contribution in [3.8, 4) is 0 Å². The molecule has 1 aromatic carbocycles. The van der Waals surface area contributed by atoms with Crippen LogP contribution >= 0.6 is 15.9 Å². The number of aromatic nitrogens is 3. The molecule has 5 heteroatoms. The highest BCUT2D eigenvalue weighted by atomic mass is 79.9. The molecule has 0 spiro atoms. The van der Waals surface area contributed by atoms with Crippen molar-refractivity contribution >= 4 is 22.1 Å². The Hall–Kier alpha value is -1.49. The fourth-order valence-electron chi connectivity index (χ4n) is 1.30. The summed E-state index contributed by atoms with van der Waals surface area (Å²) in [6.45, 7) is 3.75. The molecule has 0 aliphatic rings. The van der Waals surface area contributed by atoms with Gasteiger partial charge in [0.05, 0.1) is 6.21 Å². The standard InChI is InChI=1S/C11H11BrN4/c1-8-14-15-9(2)16(8)13-7-10-3-5-11(12)6-4-10/h3-7H,1-2H3/b13-7-. The normalized spacial score (nSPS) is 11.2. The summed E-state index contributed by atoms with van der Waals surface area (Å²) in [7, 11) is 0. The van der Waals surface area contributed by atoms with Crippen LogP contribution in [0.2, 0.25) is 0 Å². The largest absolute Gasteiger partial charge is 0.202 e. The highest BCUT2D eigenvalue weighted by Gasteiger charge is 2.00. The molecule has 2 rings (SSSR count). The molecule has 0 aliphatic carbocycles. The summed E-state index contributed by atoms with van der Waals surface area (Å²) in [5.74, 6) is 1.57.